The second kappa shape index (κ2) is 8.22. The van der Waals surface area contributed by atoms with Crippen LogP contribution in [-0.2, 0) is 4.74 Å². The van der Waals surface area contributed by atoms with E-state index in [1.54, 1.807) is 6.92 Å². The number of benzene rings is 2. The van der Waals surface area contributed by atoms with E-state index >= 15 is 0 Å². The first-order valence-electron chi connectivity index (χ1n) is 11.2. The van der Waals surface area contributed by atoms with E-state index in [9.17, 15) is 4.79 Å². The number of amides is 1. The molecule has 2 aromatic carbocycles. The number of aryl methyl sites for hydroxylation is 1. The van der Waals surface area contributed by atoms with E-state index in [0.29, 0.717) is 23.1 Å². The largest absolute Gasteiger partial charge is 0.446 e. The lowest BCUT2D eigenvalue weighted by Gasteiger charge is -2.30. The average Bonchev–Trinajstić information content (AvgIpc) is 3.52. The van der Waals surface area contributed by atoms with Crippen molar-refractivity contribution in [2.45, 2.75) is 58.0 Å². The summed E-state index contributed by atoms with van der Waals surface area (Å²) >= 11 is 0. The summed E-state index contributed by atoms with van der Waals surface area (Å²) in [6.45, 7) is 3.75. The van der Waals surface area contributed by atoms with E-state index in [4.69, 9.17) is 9.26 Å². The molecule has 0 spiro atoms. The minimum atomic E-state index is -0.459. The maximum absolute atomic E-state index is 12.4. The highest BCUT2D eigenvalue weighted by atomic mass is 16.6. The van der Waals surface area contributed by atoms with Gasteiger partial charge in [-0.25, -0.2) is 4.79 Å². The Bertz CT molecular complexity index is 1060. The molecule has 1 heterocycles. The van der Waals surface area contributed by atoms with Gasteiger partial charge >= 0.3 is 6.09 Å². The maximum atomic E-state index is 12.4. The minimum Gasteiger partial charge on any atom is -0.446 e. The first-order chi connectivity index (χ1) is 15.1. The molecule has 0 unspecified atom stereocenters. The van der Waals surface area contributed by atoms with Crippen molar-refractivity contribution in [2.24, 2.45) is 5.92 Å². The van der Waals surface area contributed by atoms with Gasteiger partial charge < -0.3 is 9.26 Å². The van der Waals surface area contributed by atoms with E-state index in [0.717, 1.165) is 29.9 Å². The molecule has 1 aromatic heterocycles. The molecule has 160 valence electrons. The second-order valence-corrected chi connectivity index (χ2v) is 8.86. The molecule has 31 heavy (non-hydrogen) atoms. The average molecular weight is 417 g/mol. The Balaban J connectivity index is 1.30. The van der Waals surface area contributed by atoms with Crippen LogP contribution in [0, 0.1) is 12.8 Å². The van der Waals surface area contributed by atoms with Gasteiger partial charge in [0.25, 0.3) is 0 Å². The summed E-state index contributed by atoms with van der Waals surface area (Å²) in [5, 5.41) is 7.02. The Kier molecular flexibility index (Phi) is 5.26. The number of nitrogens with one attached hydrogen (secondary N) is 1. The third kappa shape index (κ3) is 4.22. The smallest absolute Gasteiger partial charge is 0.412 e. The van der Waals surface area contributed by atoms with Crippen LogP contribution in [0.25, 0.3) is 22.4 Å². The van der Waals surface area contributed by atoms with E-state index < -0.39 is 6.09 Å². The molecule has 5 rings (SSSR count). The lowest BCUT2D eigenvalue weighted by Crippen LogP contribution is -2.30. The predicted octanol–water partition coefficient (Wildman–Crippen LogP) is 6.93. The van der Waals surface area contributed by atoms with Crippen molar-refractivity contribution >= 4 is 11.8 Å². The molecule has 0 saturated heterocycles. The van der Waals surface area contributed by atoms with Gasteiger partial charge in [-0.05, 0) is 68.1 Å². The van der Waals surface area contributed by atoms with Crippen molar-refractivity contribution in [3.8, 4) is 22.4 Å². The third-order valence-electron chi connectivity index (χ3n) is 6.65. The van der Waals surface area contributed by atoms with Gasteiger partial charge in [-0.2, -0.15) is 0 Å². The van der Waals surface area contributed by atoms with Crippen molar-refractivity contribution < 1.29 is 14.1 Å². The van der Waals surface area contributed by atoms with Gasteiger partial charge in [-0.1, -0.05) is 60.1 Å². The Hall–Kier alpha value is -3.08. The fourth-order valence-electron chi connectivity index (χ4n) is 4.21. The number of rotatable bonds is 6. The van der Waals surface area contributed by atoms with E-state index in [2.05, 4.69) is 46.9 Å². The molecule has 1 amide bonds. The summed E-state index contributed by atoms with van der Waals surface area (Å²) in [6.07, 6.45) is 5.56. The number of anilines is 1. The van der Waals surface area contributed by atoms with Gasteiger partial charge in [0.1, 0.15) is 17.5 Å². The van der Waals surface area contributed by atoms with Crippen LogP contribution in [0.3, 0.4) is 0 Å². The zero-order valence-corrected chi connectivity index (χ0v) is 18.1. The molecule has 3 aromatic rings. The van der Waals surface area contributed by atoms with Crippen LogP contribution in [0.15, 0.2) is 53.1 Å². The summed E-state index contributed by atoms with van der Waals surface area (Å²) in [5.74, 6) is 1.80. The van der Waals surface area contributed by atoms with Crippen LogP contribution in [-0.4, -0.2) is 17.4 Å². The SMILES string of the molecule is Cc1onc(-c2ccc(-c3ccc(C4CC4)cc3)cc2)c1NC(=O)O[C@H](C)C1CCC1. The number of carbonyl (C=O) groups excluding carboxylic acids is 1. The Morgan fingerprint density at radius 2 is 1.61 bits per heavy atom. The third-order valence-corrected chi connectivity index (χ3v) is 6.65. The quantitative estimate of drug-likeness (QED) is 0.473. The Labute approximate surface area is 182 Å². The molecule has 2 aliphatic carbocycles. The molecule has 5 heteroatoms. The van der Waals surface area contributed by atoms with Crippen LogP contribution in [0.5, 0.6) is 0 Å². The minimum absolute atomic E-state index is 0.0806. The standard InChI is InChI=1S/C26H28N2O3/c1-16(18-4-3-5-18)30-26(29)27-24-17(2)31-28-25(24)23-14-12-22(13-15-23)21-10-8-20(9-11-21)19-6-7-19/h8-16,18-19H,3-7H2,1-2H3,(H,27,29)/t16-/m1/s1. The molecular weight excluding hydrogens is 388 g/mol. The van der Waals surface area contributed by atoms with Crippen LogP contribution in [0.4, 0.5) is 10.5 Å². The molecule has 1 N–H and O–H groups in total. The first kappa shape index (κ1) is 19.9. The second-order valence-electron chi connectivity index (χ2n) is 8.86. The molecule has 2 saturated carbocycles. The summed E-state index contributed by atoms with van der Waals surface area (Å²) in [4.78, 5) is 12.4. The van der Waals surface area contributed by atoms with Crippen LogP contribution < -0.4 is 5.32 Å². The number of ether oxygens (including phenoxy) is 1. The lowest BCUT2D eigenvalue weighted by atomic mass is 9.82. The molecular formula is C26H28N2O3. The van der Waals surface area contributed by atoms with Gasteiger partial charge in [0.2, 0.25) is 0 Å². The maximum Gasteiger partial charge on any atom is 0.412 e. The zero-order chi connectivity index (χ0) is 21.4. The number of aromatic nitrogens is 1. The Morgan fingerprint density at radius 1 is 1.00 bits per heavy atom. The van der Waals surface area contributed by atoms with Crippen LogP contribution in [0.2, 0.25) is 0 Å². The molecule has 2 aliphatic rings. The highest BCUT2D eigenvalue weighted by Gasteiger charge is 2.27. The fourth-order valence-corrected chi connectivity index (χ4v) is 4.21. The number of hydrogen-bond donors (Lipinski definition) is 1. The van der Waals surface area contributed by atoms with E-state index in [1.165, 1.54) is 30.4 Å². The predicted molar refractivity (Wildman–Crippen MR) is 121 cm³/mol. The van der Waals surface area contributed by atoms with Crippen molar-refractivity contribution in [3.63, 3.8) is 0 Å². The lowest BCUT2D eigenvalue weighted by molar-refractivity contribution is 0.0531. The number of nitrogens with zero attached hydrogens (tertiary/aromatic N) is 1. The fraction of sp³-hybridized carbons (Fsp3) is 0.385. The summed E-state index contributed by atoms with van der Waals surface area (Å²) in [6, 6.07) is 17.0. The number of hydrogen-bond acceptors (Lipinski definition) is 4. The van der Waals surface area contributed by atoms with Crippen molar-refractivity contribution in [3.05, 3.63) is 59.9 Å². The highest BCUT2D eigenvalue weighted by molar-refractivity contribution is 5.91. The van der Waals surface area contributed by atoms with Crippen LogP contribution >= 0.6 is 0 Å². The normalized spacial score (nSPS) is 17.1. The highest BCUT2D eigenvalue weighted by Crippen LogP contribution is 2.40. The topological polar surface area (TPSA) is 64.4 Å². The van der Waals surface area contributed by atoms with Gasteiger partial charge in [0.15, 0.2) is 5.76 Å². The van der Waals surface area contributed by atoms with Gasteiger partial charge in [-0.3, -0.25) is 5.32 Å². The molecule has 1 atom stereocenters. The summed E-state index contributed by atoms with van der Waals surface area (Å²) < 4.78 is 10.9. The zero-order valence-electron chi connectivity index (χ0n) is 18.1. The molecule has 0 radical (unpaired) electrons. The molecule has 2 fully saturated rings. The van der Waals surface area contributed by atoms with Gasteiger partial charge in [0.05, 0.1) is 0 Å². The Morgan fingerprint density at radius 3 is 2.19 bits per heavy atom. The van der Waals surface area contributed by atoms with E-state index in [1.807, 2.05) is 19.1 Å². The van der Waals surface area contributed by atoms with Gasteiger partial charge in [-0.15, -0.1) is 0 Å². The summed E-state index contributed by atoms with van der Waals surface area (Å²) in [5.41, 5.74) is 5.84. The van der Waals surface area contributed by atoms with Crippen LogP contribution in [0.1, 0.15) is 56.3 Å². The molecule has 0 aliphatic heterocycles. The number of carbonyl (C=O) groups is 1. The van der Waals surface area contributed by atoms with E-state index in [-0.39, 0.29) is 6.10 Å². The summed E-state index contributed by atoms with van der Waals surface area (Å²) in [7, 11) is 0. The monoisotopic (exact) mass is 416 g/mol. The van der Waals surface area contributed by atoms with Crippen molar-refractivity contribution in [1.82, 2.24) is 5.16 Å². The van der Waals surface area contributed by atoms with Gasteiger partial charge in [0, 0.05) is 5.56 Å². The van der Waals surface area contributed by atoms with Crippen molar-refractivity contribution in [2.75, 3.05) is 5.32 Å². The first-order valence-corrected chi connectivity index (χ1v) is 11.2. The van der Waals surface area contributed by atoms with Crippen molar-refractivity contribution in [1.29, 1.82) is 0 Å². The molecule has 5 nitrogen and oxygen atoms in total. The molecule has 0 bridgehead atoms.